The van der Waals surface area contributed by atoms with Crippen molar-refractivity contribution in [1.29, 1.82) is 0 Å². The third-order valence-electron chi connectivity index (χ3n) is 4.19. The second-order valence-corrected chi connectivity index (χ2v) is 6.78. The molecule has 0 amide bonds. The van der Waals surface area contributed by atoms with Gasteiger partial charge in [-0.3, -0.25) is 0 Å². The average Bonchev–Trinajstić information content (AvgIpc) is 2.81. The lowest BCUT2D eigenvalue weighted by Crippen LogP contribution is -2.26. The van der Waals surface area contributed by atoms with Crippen LogP contribution in [0.4, 0.5) is 0 Å². The highest BCUT2D eigenvalue weighted by atomic mass is 14.9. The third kappa shape index (κ3) is 2.55. The van der Waals surface area contributed by atoms with Gasteiger partial charge in [-0.25, -0.2) is 0 Å². The third-order valence-corrected chi connectivity index (χ3v) is 4.19. The highest BCUT2D eigenvalue weighted by molar-refractivity contribution is 5.81. The first-order valence-electron chi connectivity index (χ1n) is 7.40. The fourth-order valence-electron chi connectivity index (χ4n) is 2.93. The van der Waals surface area contributed by atoms with E-state index in [-0.39, 0.29) is 5.41 Å². The summed E-state index contributed by atoms with van der Waals surface area (Å²) >= 11 is 0. The SMILES string of the molecule is CC(C)(C)c1ccc2[nH]c(C3CCCCN3)cc2c1. The zero-order valence-electron chi connectivity index (χ0n) is 12.2. The quantitative estimate of drug-likeness (QED) is 0.783. The molecule has 2 heteroatoms. The van der Waals surface area contributed by atoms with Crippen LogP contribution in [0.25, 0.3) is 10.9 Å². The van der Waals surface area contributed by atoms with E-state index >= 15 is 0 Å². The van der Waals surface area contributed by atoms with Crippen molar-refractivity contribution in [3.05, 3.63) is 35.5 Å². The van der Waals surface area contributed by atoms with E-state index in [1.165, 1.54) is 41.4 Å². The van der Waals surface area contributed by atoms with Crippen molar-refractivity contribution in [2.75, 3.05) is 6.54 Å². The van der Waals surface area contributed by atoms with E-state index < -0.39 is 0 Å². The molecule has 2 N–H and O–H groups in total. The summed E-state index contributed by atoms with van der Waals surface area (Å²) in [6.07, 6.45) is 3.89. The van der Waals surface area contributed by atoms with Crippen molar-refractivity contribution in [3.8, 4) is 0 Å². The summed E-state index contributed by atoms with van der Waals surface area (Å²) in [5.74, 6) is 0. The van der Waals surface area contributed by atoms with E-state index in [9.17, 15) is 0 Å². The highest BCUT2D eigenvalue weighted by Gasteiger charge is 2.18. The van der Waals surface area contributed by atoms with Gasteiger partial charge >= 0.3 is 0 Å². The molecule has 1 aromatic carbocycles. The summed E-state index contributed by atoms with van der Waals surface area (Å²) in [6.45, 7) is 7.95. The molecule has 3 rings (SSSR count). The molecule has 0 bridgehead atoms. The Balaban J connectivity index is 1.96. The fraction of sp³-hybridized carbons (Fsp3) is 0.529. The smallest absolute Gasteiger partial charge is 0.0473 e. The van der Waals surface area contributed by atoms with Crippen LogP contribution >= 0.6 is 0 Å². The van der Waals surface area contributed by atoms with Crippen LogP contribution in [0.5, 0.6) is 0 Å². The number of nitrogens with one attached hydrogen (secondary N) is 2. The van der Waals surface area contributed by atoms with Crippen LogP contribution in [0, 0.1) is 0 Å². The molecule has 1 unspecified atom stereocenters. The molecule has 2 nitrogen and oxygen atoms in total. The number of hydrogen-bond donors (Lipinski definition) is 2. The molecule has 1 aromatic heterocycles. The van der Waals surface area contributed by atoms with E-state index in [0.717, 1.165) is 6.54 Å². The summed E-state index contributed by atoms with van der Waals surface area (Å²) in [6, 6.07) is 9.64. The van der Waals surface area contributed by atoms with E-state index in [1.54, 1.807) is 0 Å². The maximum absolute atomic E-state index is 3.61. The number of hydrogen-bond acceptors (Lipinski definition) is 1. The van der Waals surface area contributed by atoms with E-state index in [1.807, 2.05) is 0 Å². The second-order valence-electron chi connectivity index (χ2n) is 6.78. The number of piperidine rings is 1. The topological polar surface area (TPSA) is 27.8 Å². The molecular weight excluding hydrogens is 232 g/mol. The van der Waals surface area contributed by atoms with Crippen LogP contribution in [0.2, 0.25) is 0 Å². The molecule has 2 aromatic rings. The summed E-state index contributed by atoms with van der Waals surface area (Å²) in [4.78, 5) is 3.58. The number of aromatic amines is 1. The molecule has 1 saturated heterocycles. The van der Waals surface area contributed by atoms with Crippen molar-refractivity contribution < 1.29 is 0 Å². The largest absolute Gasteiger partial charge is 0.357 e. The van der Waals surface area contributed by atoms with Gasteiger partial charge in [-0.05, 0) is 54.0 Å². The zero-order valence-corrected chi connectivity index (χ0v) is 12.2. The Morgan fingerprint density at radius 3 is 2.63 bits per heavy atom. The van der Waals surface area contributed by atoms with Gasteiger partial charge in [0.25, 0.3) is 0 Å². The lowest BCUT2D eigenvalue weighted by molar-refractivity contribution is 0.407. The first kappa shape index (κ1) is 12.7. The van der Waals surface area contributed by atoms with E-state index in [0.29, 0.717) is 6.04 Å². The van der Waals surface area contributed by atoms with Crippen molar-refractivity contribution in [3.63, 3.8) is 0 Å². The Bertz CT molecular complexity index is 568. The molecule has 1 aliphatic rings. The lowest BCUT2D eigenvalue weighted by atomic mass is 9.86. The summed E-state index contributed by atoms with van der Waals surface area (Å²) in [7, 11) is 0. The number of benzene rings is 1. The fourth-order valence-corrected chi connectivity index (χ4v) is 2.93. The average molecular weight is 256 g/mol. The van der Waals surface area contributed by atoms with E-state index in [2.05, 4.69) is 55.3 Å². The minimum Gasteiger partial charge on any atom is -0.357 e. The molecule has 1 aliphatic heterocycles. The minimum atomic E-state index is 0.217. The van der Waals surface area contributed by atoms with Crippen LogP contribution in [0.3, 0.4) is 0 Å². The molecule has 102 valence electrons. The van der Waals surface area contributed by atoms with Gasteiger partial charge in [0.1, 0.15) is 0 Å². The van der Waals surface area contributed by atoms with Gasteiger partial charge in [0.2, 0.25) is 0 Å². The van der Waals surface area contributed by atoms with Crippen LogP contribution in [0.15, 0.2) is 24.3 Å². The number of rotatable bonds is 1. The van der Waals surface area contributed by atoms with Crippen molar-refractivity contribution in [2.24, 2.45) is 0 Å². The Morgan fingerprint density at radius 1 is 1.11 bits per heavy atom. The monoisotopic (exact) mass is 256 g/mol. The molecular formula is C17H24N2. The molecule has 0 spiro atoms. The van der Waals surface area contributed by atoms with Crippen molar-refractivity contribution in [1.82, 2.24) is 10.3 Å². The second kappa shape index (κ2) is 4.68. The highest BCUT2D eigenvalue weighted by Crippen LogP contribution is 2.29. The molecule has 1 atom stereocenters. The van der Waals surface area contributed by atoms with Gasteiger partial charge in [0.05, 0.1) is 0 Å². The number of H-pyrrole nitrogens is 1. The van der Waals surface area contributed by atoms with Crippen LogP contribution < -0.4 is 5.32 Å². The lowest BCUT2D eigenvalue weighted by Gasteiger charge is -2.22. The molecule has 19 heavy (non-hydrogen) atoms. The molecule has 0 radical (unpaired) electrons. The van der Waals surface area contributed by atoms with Gasteiger partial charge < -0.3 is 10.3 Å². The minimum absolute atomic E-state index is 0.217. The maximum atomic E-state index is 3.61. The van der Waals surface area contributed by atoms with Crippen molar-refractivity contribution in [2.45, 2.75) is 51.5 Å². The van der Waals surface area contributed by atoms with Gasteiger partial charge in [-0.2, -0.15) is 0 Å². The Kier molecular flexibility index (Phi) is 3.14. The first-order chi connectivity index (χ1) is 9.04. The molecule has 0 saturated carbocycles. The number of fused-ring (bicyclic) bond motifs is 1. The molecule has 0 aliphatic carbocycles. The van der Waals surface area contributed by atoms with Gasteiger partial charge in [-0.1, -0.05) is 33.3 Å². The first-order valence-corrected chi connectivity index (χ1v) is 7.40. The predicted octanol–water partition coefficient (Wildman–Crippen LogP) is 4.28. The van der Waals surface area contributed by atoms with Crippen LogP contribution in [-0.2, 0) is 5.41 Å². The van der Waals surface area contributed by atoms with Gasteiger partial charge in [0, 0.05) is 17.3 Å². The Labute approximate surface area is 115 Å². The summed E-state index contributed by atoms with van der Waals surface area (Å²) in [5.41, 5.74) is 4.23. The van der Waals surface area contributed by atoms with Crippen molar-refractivity contribution >= 4 is 10.9 Å². The van der Waals surface area contributed by atoms with Crippen LogP contribution in [0.1, 0.15) is 57.3 Å². The summed E-state index contributed by atoms with van der Waals surface area (Å²) < 4.78 is 0. The standard InChI is InChI=1S/C17H24N2/c1-17(2,3)13-7-8-14-12(10-13)11-16(19-14)15-6-4-5-9-18-15/h7-8,10-11,15,18-19H,4-6,9H2,1-3H3. The summed E-state index contributed by atoms with van der Waals surface area (Å²) in [5, 5.41) is 4.95. The maximum Gasteiger partial charge on any atom is 0.0473 e. The molecule has 1 fully saturated rings. The van der Waals surface area contributed by atoms with E-state index in [4.69, 9.17) is 0 Å². The molecule has 2 heterocycles. The Morgan fingerprint density at radius 2 is 1.95 bits per heavy atom. The van der Waals surface area contributed by atoms with Gasteiger partial charge in [0.15, 0.2) is 0 Å². The number of aromatic nitrogens is 1. The zero-order chi connectivity index (χ0) is 13.5. The van der Waals surface area contributed by atoms with Crippen LogP contribution in [-0.4, -0.2) is 11.5 Å². The normalized spacial score (nSPS) is 20.9. The predicted molar refractivity (Wildman–Crippen MR) is 81.6 cm³/mol. The van der Waals surface area contributed by atoms with Gasteiger partial charge in [-0.15, -0.1) is 0 Å². The Hall–Kier alpha value is -1.28.